The lowest BCUT2D eigenvalue weighted by Gasteiger charge is -2.29. The predicted molar refractivity (Wildman–Crippen MR) is 84.0 cm³/mol. The zero-order valence-corrected chi connectivity index (χ0v) is 13.3. The fourth-order valence-corrected chi connectivity index (χ4v) is 4.31. The van der Waals surface area contributed by atoms with Crippen molar-refractivity contribution in [1.29, 1.82) is 0 Å². The maximum Gasteiger partial charge on any atom is 0.0410 e. The van der Waals surface area contributed by atoms with Gasteiger partial charge >= 0.3 is 0 Å². The van der Waals surface area contributed by atoms with E-state index in [2.05, 4.69) is 31.3 Å². The van der Waals surface area contributed by atoms with Crippen LogP contribution in [0.5, 0.6) is 0 Å². The summed E-state index contributed by atoms with van der Waals surface area (Å²) in [5, 5.41) is 4.68. The van der Waals surface area contributed by atoms with E-state index in [-0.39, 0.29) is 0 Å². The van der Waals surface area contributed by atoms with Crippen molar-refractivity contribution in [2.45, 2.75) is 44.0 Å². The first-order valence-electron chi connectivity index (χ1n) is 7.26. The van der Waals surface area contributed by atoms with Crippen molar-refractivity contribution in [1.82, 2.24) is 5.32 Å². The summed E-state index contributed by atoms with van der Waals surface area (Å²) >= 11 is 8.12. The van der Waals surface area contributed by atoms with Gasteiger partial charge in [0.25, 0.3) is 0 Å². The number of fused-ring (bicyclic) bond motifs is 1. The van der Waals surface area contributed by atoms with E-state index >= 15 is 0 Å². The molecule has 1 nitrogen and oxygen atoms in total. The maximum absolute atomic E-state index is 6.16. The van der Waals surface area contributed by atoms with Crippen LogP contribution >= 0.6 is 23.4 Å². The number of nitrogens with one attached hydrogen (secondary N) is 1. The maximum atomic E-state index is 6.16. The van der Waals surface area contributed by atoms with E-state index < -0.39 is 0 Å². The van der Waals surface area contributed by atoms with Gasteiger partial charge in [-0.25, -0.2) is 0 Å². The molecule has 3 heteroatoms. The highest BCUT2D eigenvalue weighted by Gasteiger charge is 2.45. The molecule has 1 heterocycles. The average Bonchev–Trinajstić information content (AvgIpc) is 3.17. The summed E-state index contributed by atoms with van der Waals surface area (Å²) in [4.78, 5) is 1.41. The SMILES string of the molecule is CC(C)C1(CNC2CCSc3ccc(Cl)cc32)CC1. The summed E-state index contributed by atoms with van der Waals surface area (Å²) in [6.07, 6.45) is 4.00. The topological polar surface area (TPSA) is 12.0 Å². The highest BCUT2D eigenvalue weighted by atomic mass is 35.5. The van der Waals surface area contributed by atoms with E-state index in [1.807, 2.05) is 17.8 Å². The minimum Gasteiger partial charge on any atom is -0.309 e. The van der Waals surface area contributed by atoms with E-state index in [0.717, 1.165) is 17.5 Å². The zero-order valence-electron chi connectivity index (χ0n) is 11.7. The van der Waals surface area contributed by atoms with E-state index in [1.165, 1.54) is 35.5 Å². The predicted octanol–water partition coefficient (Wildman–Crippen LogP) is 4.90. The number of hydrogen-bond acceptors (Lipinski definition) is 2. The second-order valence-electron chi connectivity index (χ2n) is 6.27. The molecule has 0 bridgehead atoms. The molecule has 1 fully saturated rings. The number of halogens is 1. The molecule has 1 saturated carbocycles. The Kier molecular flexibility index (Phi) is 3.85. The molecule has 1 aliphatic carbocycles. The Morgan fingerprint density at radius 2 is 2.21 bits per heavy atom. The van der Waals surface area contributed by atoms with Gasteiger partial charge in [-0.2, -0.15) is 0 Å². The fraction of sp³-hybridized carbons (Fsp3) is 0.625. The van der Waals surface area contributed by atoms with E-state index in [4.69, 9.17) is 11.6 Å². The van der Waals surface area contributed by atoms with Crippen LogP contribution in [0, 0.1) is 11.3 Å². The van der Waals surface area contributed by atoms with Crippen LogP contribution < -0.4 is 5.32 Å². The van der Waals surface area contributed by atoms with Crippen LogP contribution in [-0.2, 0) is 0 Å². The molecule has 1 aromatic rings. The van der Waals surface area contributed by atoms with Gasteiger partial charge in [0.05, 0.1) is 0 Å². The molecular formula is C16H22ClNS. The summed E-state index contributed by atoms with van der Waals surface area (Å²) in [5.41, 5.74) is 1.98. The summed E-state index contributed by atoms with van der Waals surface area (Å²) in [5.74, 6) is 2.00. The van der Waals surface area contributed by atoms with Gasteiger partial charge in [0, 0.05) is 22.5 Å². The summed E-state index contributed by atoms with van der Waals surface area (Å²) < 4.78 is 0. The third-order valence-electron chi connectivity index (χ3n) is 4.83. The first-order chi connectivity index (χ1) is 9.11. The third kappa shape index (κ3) is 2.81. The Hall–Kier alpha value is -0.180. The molecule has 3 rings (SSSR count). The van der Waals surface area contributed by atoms with E-state index in [1.54, 1.807) is 0 Å². The lowest BCUT2D eigenvalue weighted by Crippen LogP contribution is -2.32. The fourth-order valence-electron chi connectivity index (χ4n) is 3.02. The van der Waals surface area contributed by atoms with Crippen molar-refractivity contribution >= 4 is 23.4 Å². The normalized spacial score (nSPS) is 24.3. The van der Waals surface area contributed by atoms with Crippen LogP contribution in [0.25, 0.3) is 0 Å². The zero-order chi connectivity index (χ0) is 13.5. The van der Waals surface area contributed by atoms with Crippen LogP contribution in [0.4, 0.5) is 0 Å². The van der Waals surface area contributed by atoms with Crippen molar-refractivity contribution < 1.29 is 0 Å². The summed E-state index contributed by atoms with van der Waals surface area (Å²) in [7, 11) is 0. The Balaban J connectivity index is 1.72. The van der Waals surface area contributed by atoms with Gasteiger partial charge in [0.1, 0.15) is 0 Å². The van der Waals surface area contributed by atoms with Crippen molar-refractivity contribution in [3.05, 3.63) is 28.8 Å². The molecule has 0 radical (unpaired) electrons. The molecule has 1 aromatic carbocycles. The molecule has 104 valence electrons. The van der Waals surface area contributed by atoms with Crippen LogP contribution in [0.2, 0.25) is 5.02 Å². The Bertz CT molecular complexity index is 468. The monoisotopic (exact) mass is 295 g/mol. The lowest BCUT2D eigenvalue weighted by molar-refractivity contribution is 0.317. The van der Waals surface area contributed by atoms with Gasteiger partial charge in [-0.3, -0.25) is 0 Å². The standard InChI is InChI=1S/C16H22ClNS/c1-11(2)16(6-7-16)10-18-14-5-8-19-15-4-3-12(17)9-13(14)15/h3-4,9,11,14,18H,5-8,10H2,1-2H3. The largest absolute Gasteiger partial charge is 0.309 e. The molecule has 0 spiro atoms. The van der Waals surface area contributed by atoms with Crippen molar-refractivity contribution in [2.24, 2.45) is 11.3 Å². The van der Waals surface area contributed by atoms with E-state index in [0.29, 0.717) is 11.5 Å². The molecule has 0 amide bonds. The second kappa shape index (κ2) is 5.31. The molecule has 1 N–H and O–H groups in total. The van der Waals surface area contributed by atoms with Gasteiger partial charge in [-0.05, 0) is 60.1 Å². The molecular weight excluding hydrogens is 274 g/mol. The van der Waals surface area contributed by atoms with E-state index in [9.17, 15) is 0 Å². The van der Waals surface area contributed by atoms with Gasteiger partial charge in [0.15, 0.2) is 0 Å². The highest BCUT2D eigenvalue weighted by molar-refractivity contribution is 7.99. The van der Waals surface area contributed by atoms with Crippen molar-refractivity contribution in [3.63, 3.8) is 0 Å². The van der Waals surface area contributed by atoms with Gasteiger partial charge < -0.3 is 5.32 Å². The molecule has 1 atom stereocenters. The summed E-state index contributed by atoms with van der Waals surface area (Å²) in [6.45, 7) is 5.87. The minimum atomic E-state index is 0.492. The third-order valence-corrected chi connectivity index (χ3v) is 6.19. The Morgan fingerprint density at radius 1 is 1.42 bits per heavy atom. The van der Waals surface area contributed by atoms with Crippen LogP contribution in [0.3, 0.4) is 0 Å². The number of thioether (sulfide) groups is 1. The smallest absolute Gasteiger partial charge is 0.0410 e. The number of benzene rings is 1. The minimum absolute atomic E-state index is 0.492. The van der Waals surface area contributed by atoms with Crippen LogP contribution in [0.15, 0.2) is 23.1 Å². The molecule has 0 saturated heterocycles. The Labute approximate surface area is 125 Å². The van der Waals surface area contributed by atoms with Gasteiger partial charge in [-0.1, -0.05) is 25.4 Å². The van der Waals surface area contributed by atoms with Crippen LogP contribution in [-0.4, -0.2) is 12.3 Å². The van der Waals surface area contributed by atoms with Gasteiger partial charge in [0.2, 0.25) is 0 Å². The Morgan fingerprint density at radius 3 is 2.89 bits per heavy atom. The molecule has 1 aliphatic heterocycles. The molecule has 19 heavy (non-hydrogen) atoms. The highest BCUT2D eigenvalue weighted by Crippen LogP contribution is 2.51. The lowest BCUT2D eigenvalue weighted by atomic mass is 9.91. The summed E-state index contributed by atoms with van der Waals surface area (Å²) in [6, 6.07) is 6.82. The molecule has 1 unspecified atom stereocenters. The number of hydrogen-bond donors (Lipinski definition) is 1. The first kappa shape index (κ1) is 13.8. The number of rotatable bonds is 4. The van der Waals surface area contributed by atoms with Crippen molar-refractivity contribution in [3.8, 4) is 0 Å². The van der Waals surface area contributed by atoms with Crippen LogP contribution in [0.1, 0.15) is 44.7 Å². The average molecular weight is 296 g/mol. The molecule has 2 aliphatic rings. The van der Waals surface area contributed by atoms with Crippen molar-refractivity contribution in [2.75, 3.05) is 12.3 Å². The van der Waals surface area contributed by atoms with Gasteiger partial charge in [-0.15, -0.1) is 11.8 Å². The first-order valence-corrected chi connectivity index (χ1v) is 8.63. The quantitative estimate of drug-likeness (QED) is 0.847. The molecule has 0 aromatic heterocycles. The second-order valence-corrected chi connectivity index (χ2v) is 7.84.